The van der Waals surface area contributed by atoms with Gasteiger partial charge in [-0.15, -0.1) is 0 Å². The Bertz CT molecular complexity index is 743. The van der Waals surface area contributed by atoms with Crippen LogP contribution in [0.15, 0.2) is 54.6 Å². The lowest BCUT2D eigenvalue weighted by Crippen LogP contribution is -2.54. The molecule has 0 aliphatic carbocycles. The molecular formula is C22H25NO3. The van der Waals surface area contributed by atoms with Crippen LogP contribution in [0.2, 0.25) is 0 Å². The van der Waals surface area contributed by atoms with E-state index in [0.717, 1.165) is 50.1 Å². The van der Waals surface area contributed by atoms with Crippen LogP contribution in [0.25, 0.3) is 0 Å². The molecule has 1 atom stereocenters. The molecule has 2 fully saturated rings. The maximum absolute atomic E-state index is 13.3. The van der Waals surface area contributed by atoms with Crippen LogP contribution in [-0.4, -0.2) is 41.2 Å². The summed E-state index contributed by atoms with van der Waals surface area (Å²) in [4.78, 5) is 15.3. The standard InChI is InChI=1S/C22H25NO3/c24-19-8-6-17(7-9-19)16-20(18-4-2-1-3-5-18)21(25)23-13-10-22(11-14-23)12-15-26-22/h1-9,20,24H,10-16H2. The molecule has 1 spiro atoms. The summed E-state index contributed by atoms with van der Waals surface area (Å²) in [5.41, 5.74) is 2.15. The van der Waals surface area contributed by atoms with Gasteiger partial charge in [-0.25, -0.2) is 0 Å². The number of amides is 1. The Morgan fingerprint density at radius 3 is 2.27 bits per heavy atom. The van der Waals surface area contributed by atoms with Gasteiger partial charge in [-0.3, -0.25) is 4.79 Å². The number of piperidine rings is 1. The van der Waals surface area contributed by atoms with E-state index in [2.05, 4.69) is 0 Å². The Balaban J connectivity index is 1.52. The summed E-state index contributed by atoms with van der Waals surface area (Å²) >= 11 is 0. The molecule has 2 heterocycles. The largest absolute Gasteiger partial charge is 0.508 e. The number of carbonyl (C=O) groups is 1. The van der Waals surface area contributed by atoms with Crippen molar-refractivity contribution in [2.45, 2.75) is 37.2 Å². The van der Waals surface area contributed by atoms with Crippen LogP contribution in [0, 0.1) is 0 Å². The number of aromatic hydroxyl groups is 1. The van der Waals surface area contributed by atoms with Crippen LogP contribution in [0.1, 0.15) is 36.3 Å². The fourth-order valence-electron chi connectivity index (χ4n) is 4.04. The molecule has 2 aliphatic rings. The quantitative estimate of drug-likeness (QED) is 0.917. The minimum atomic E-state index is -0.197. The van der Waals surface area contributed by atoms with Gasteiger partial charge in [-0.05, 0) is 48.9 Å². The van der Waals surface area contributed by atoms with Crippen molar-refractivity contribution in [3.05, 3.63) is 65.7 Å². The molecule has 0 aromatic heterocycles. The number of hydrogen-bond donors (Lipinski definition) is 1. The normalized spacial score (nSPS) is 19.8. The second-order valence-corrected chi connectivity index (χ2v) is 7.44. The van der Waals surface area contributed by atoms with Gasteiger partial charge in [0.15, 0.2) is 0 Å². The Labute approximate surface area is 154 Å². The number of phenolic OH excluding ortho intramolecular Hbond substituents is 1. The molecule has 1 N–H and O–H groups in total. The van der Waals surface area contributed by atoms with Crippen molar-refractivity contribution < 1.29 is 14.6 Å². The topological polar surface area (TPSA) is 49.8 Å². The second-order valence-electron chi connectivity index (χ2n) is 7.44. The minimum absolute atomic E-state index is 0.0516. The lowest BCUT2D eigenvalue weighted by atomic mass is 9.83. The molecule has 2 aromatic rings. The third-order valence-electron chi connectivity index (χ3n) is 5.83. The molecule has 1 unspecified atom stereocenters. The number of rotatable bonds is 4. The summed E-state index contributed by atoms with van der Waals surface area (Å²) in [6, 6.07) is 17.2. The zero-order chi connectivity index (χ0) is 18.0. The van der Waals surface area contributed by atoms with E-state index in [1.807, 2.05) is 47.4 Å². The van der Waals surface area contributed by atoms with Gasteiger partial charge in [-0.2, -0.15) is 0 Å². The summed E-state index contributed by atoms with van der Waals surface area (Å²) < 4.78 is 5.78. The summed E-state index contributed by atoms with van der Waals surface area (Å²) in [5.74, 6) is 0.244. The average molecular weight is 351 g/mol. The van der Waals surface area contributed by atoms with Crippen molar-refractivity contribution in [2.24, 2.45) is 0 Å². The summed E-state index contributed by atoms with van der Waals surface area (Å²) in [6.45, 7) is 2.41. The van der Waals surface area contributed by atoms with Gasteiger partial charge in [0.05, 0.1) is 18.1 Å². The lowest BCUT2D eigenvalue weighted by molar-refractivity contribution is -0.176. The SMILES string of the molecule is O=C(C(Cc1ccc(O)cc1)c1ccccc1)N1CCC2(CCO2)CC1. The fourth-order valence-corrected chi connectivity index (χ4v) is 4.04. The Kier molecular flexibility index (Phi) is 4.68. The monoisotopic (exact) mass is 351 g/mol. The van der Waals surface area contributed by atoms with Crippen molar-refractivity contribution in [3.63, 3.8) is 0 Å². The molecule has 2 saturated heterocycles. The van der Waals surface area contributed by atoms with Crippen LogP contribution in [0.4, 0.5) is 0 Å². The first kappa shape index (κ1) is 17.1. The molecule has 4 heteroatoms. The number of phenols is 1. The highest BCUT2D eigenvalue weighted by Gasteiger charge is 2.42. The van der Waals surface area contributed by atoms with Crippen molar-refractivity contribution in [1.82, 2.24) is 4.90 Å². The molecule has 1 amide bonds. The highest BCUT2D eigenvalue weighted by molar-refractivity contribution is 5.84. The van der Waals surface area contributed by atoms with E-state index in [-0.39, 0.29) is 23.2 Å². The van der Waals surface area contributed by atoms with Gasteiger partial charge in [-0.1, -0.05) is 42.5 Å². The van der Waals surface area contributed by atoms with E-state index >= 15 is 0 Å². The molecule has 136 valence electrons. The fraction of sp³-hybridized carbons (Fsp3) is 0.409. The van der Waals surface area contributed by atoms with Crippen LogP contribution >= 0.6 is 0 Å². The van der Waals surface area contributed by atoms with E-state index < -0.39 is 0 Å². The van der Waals surface area contributed by atoms with Gasteiger partial charge in [0.25, 0.3) is 0 Å². The average Bonchev–Trinajstić information content (AvgIpc) is 2.66. The Hall–Kier alpha value is -2.33. The van der Waals surface area contributed by atoms with Gasteiger partial charge in [0.1, 0.15) is 5.75 Å². The summed E-state index contributed by atoms with van der Waals surface area (Å²) in [6.07, 6.45) is 3.66. The molecule has 0 radical (unpaired) electrons. The number of benzene rings is 2. The zero-order valence-electron chi connectivity index (χ0n) is 14.9. The van der Waals surface area contributed by atoms with Gasteiger partial charge in [0, 0.05) is 13.1 Å². The maximum Gasteiger partial charge on any atom is 0.230 e. The van der Waals surface area contributed by atoms with E-state index in [1.165, 1.54) is 0 Å². The third kappa shape index (κ3) is 3.47. The van der Waals surface area contributed by atoms with Crippen LogP contribution in [-0.2, 0) is 16.0 Å². The number of nitrogens with zero attached hydrogens (tertiary/aromatic N) is 1. The van der Waals surface area contributed by atoms with Crippen molar-refractivity contribution in [3.8, 4) is 5.75 Å². The van der Waals surface area contributed by atoms with E-state index in [4.69, 9.17) is 4.74 Å². The van der Waals surface area contributed by atoms with Gasteiger partial charge in [0.2, 0.25) is 5.91 Å². The molecule has 26 heavy (non-hydrogen) atoms. The van der Waals surface area contributed by atoms with Gasteiger partial charge >= 0.3 is 0 Å². The highest BCUT2D eigenvalue weighted by Crippen LogP contribution is 2.37. The first-order valence-corrected chi connectivity index (χ1v) is 9.41. The van der Waals surface area contributed by atoms with Crippen molar-refractivity contribution >= 4 is 5.91 Å². The first-order valence-electron chi connectivity index (χ1n) is 9.41. The van der Waals surface area contributed by atoms with E-state index in [1.54, 1.807) is 12.1 Å². The molecular weight excluding hydrogens is 326 g/mol. The van der Waals surface area contributed by atoms with Crippen molar-refractivity contribution in [2.75, 3.05) is 19.7 Å². The minimum Gasteiger partial charge on any atom is -0.508 e. The lowest BCUT2D eigenvalue weighted by Gasteiger charge is -2.48. The molecule has 4 rings (SSSR count). The molecule has 4 nitrogen and oxygen atoms in total. The number of likely N-dealkylation sites (tertiary alicyclic amines) is 1. The summed E-state index contributed by atoms with van der Waals surface area (Å²) in [7, 11) is 0. The Morgan fingerprint density at radius 2 is 1.69 bits per heavy atom. The van der Waals surface area contributed by atoms with E-state index in [9.17, 15) is 9.90 Å². The van der Waals surface area contributed by atoms with Gasteiger partial charge < -0.3 is 14.7 Å². The first-order chi connectivity index (χ1) is 12.7. The third-order valence-corrected chi connectivity index (χ3v) is 5.83. The number of ether oxygens (including phenoxy) is 1. The zero-order valence-corrected chi connectivity index (χ0v) is 14.9. The van der Waals surface area contributed by atoms with Crippen LogP contribution < -0.4 is 0 Å². The molecule has 0 saturated carbocycles. The summed E-state index contributed by atoms with van der Waals surface area (Å²) in [5, 5.41) is 9.51. The Morgan fingerprint density at radius 1 is 1.04 bits per heavy atom. The smallest absolute Gasteiger partial charge is 0.230 e. The van der Waals surface area contributed by atoms with E-state index in [0.29, 0.717) is 6.42 Å². The van der Waals surface area contributed by atoms with Crippen LogP contribution in [0.3, 0.4) is 0 Å². The molecule has 0 bridgehead atoms. The van der Waals surface area contributed by atoms with Crippen molar-refractivity contribution in [1.29, 1.82) is 0 Å². The second kappa shape index (κ2) is 7.12. The number of hydrogen-bond acceptors (Lipinski definition) is 3. The predicted octanol–water partition coefficient (Wildman–Crippen LogP) is 3.50. The van der Waals surface area contributed by atoms with Crippen LogP contribution in [0.5, 0.6) is 5.75 Å². The molecule has 2 aliphatic heterocycles. The highest BCUT2D eigenvalue weighted by atomic mass is 16.5. The number of carbonyl (C=O) groups excluding carboxylic acids is 1. The molecule has 2 aromatic carbocycles. The maximum atomic E-state index is 13.3. The predicted molar refractivity (Wildman–Crippen MR) is 100 cm³/mol.